The molecule has 0 aromatic rings. The smallest absolute Gasteiger partial charge is 0.330 e. The summed E-state index contributed by atoms with van der Waals surface area (Å²) in [4.78, 5) is 13.5. The summed E-state index contributed by atoms with van der Waals surface area (Å²) >= 11 is 0. The standard InChI is InChI=1S/C13H14F6N2O/c1-7-9(13(17,18)19)5-8(12(14,15)16)6-10(7)21(4)11(22)20(2)3/h5-6,9H,1H2,2-4H3. The van der Waals surface area contributed by atoms with Crippen LogP contribution in [0.3, 0.4) is 0 Å². The van der Waals surface area contributed by atoms with Gasteiger partial charge in [-0.25, -0.2) is 4.79 Å². The summed E-state index contributed by atoms with van der Waals surface area (Å²) in [5.41, 5.74) is -2.59. The largest absolute Gasteiger partial charge is 0.416 e. The number of carbonyl (C=O) groups excluding carboxylic acids is 1. The van der Waals surface area contributed by atoms with E-state index in [1.54, 1.807) is 0 Å². The van der Waals surface area contributed by atoms with E-state index < -0.39 is 41.1 Å². The number of amides is 2. The highest BCUT2D eigenvalue weighted by atomic mass is 19.4. The Morgan fingerprint density at radius 3 is 2.00 bits per heavy atom. The Kier molecular flexibility index (Phi) is 4.69. The van der Waals surface area contributed by atoms with Gasteiger partial charge in [0, 0.05) is 26.8 Å². The van der Waals surface area contributed by atoms with Crippen molar-refractivity contribution in [3.05, 3.63) is 35.6 Å². The van der Waals surface area contributed by atoms with Crippen LogP contribution in [0, 0.1) is 5.92 Å². The molecule has 0 aromatic heterocycles. The minimum absolute atomic E-state index is 0.0693. The second-order valence-corrected chi connectivity index (χ2v) is 4.93. The minimum atomic E-state index is -4.96. The molecule has 0 aliphatic heterocycles. The summed E-state index contributed by atoms with van der Waals surface area (Å²) in [6.07, 6.45) is -9.33. The lowest BCUT2D eigenvalue weighted by Crippen LogP contribution is -2.39. The first-order chi connectivity index (χ1) is 9.76. The number of hydrogen-bond donors (Lipinski definition) is 0. The van der Waals surface area contributed by atoms with Crippen molar-refractivity contribution in [2.45, 2.75) is 12.4 Å². The third kappa shape index (κ3) is 3.63. The topological polar surface area (TPSA) is 23.6 Å². The number of alkyl halides is 6. The molecule has 9 heteroatoms. The van der Waals surface area contributed by atoms with Gasteiger partial charge in [0.15, 0.2) is 0 Å². The Labute approximate surface area is 123 Å². The number of urea groups is 1. The highest BCUT2D eigenvalue weighted by molar-refractivity contribution is 5.77. The highest BCUT2D eigenvalue weighted by Gasteiger charge is 2.47. The van der Waals surface area contributed by atoms with Crippen LogP contribution in [-0.4, -0.2) is 49.3 Å². The number of carbonyl (C=O) groups is 1. The molecule has 124 valence electrons. The van der Waals surface area contributed by atoms with Gasteiger partial charge in [-0.3, -0.25) is 4.90 Å². The molecule has 0 aromatic carbocycles. The van der Waals surface area contributed by atoms with Crippen LogP contribution >= 0.6 is 0 Å². The van der Waals surface area contributed by atoms with Crippen molar-refractivity contribution in [2.24, 2.45) is 5.92 Å². The maximum absolute atomic E-state index is 12.9. The second kappa shape index (κ2) is 5.69. The summed E-state index contributed by atoms with van der Waals surface area (Å²) in [5, 5.41) is 0. The first-order valence-electron chi connectivity index (χ1n) is 5.98. The van der Waals surface area contributed by atoms with Gasteiger partial charge in [-0.1, -0.05) is 12.7 Å². The van der Waals surface area contributed by atoms with Gasteiger partial charge in [0.1, 0.15) is 5.92 Å². The van der Waals surface area contributed by atoms with Crippen molar-refractivity contribution in [3.8, 4) is 0 Å². The second-order valence-electron chi connectivity index (χ2n) is 4.93. The Hall–Kier alpha value is -1.93. The Balaban J connectivity index is 3.37. The van der Waals surface area contributed by atoms with E-state index in [1.165, 1.54) is 14.1 Å². The monoisotopic (exact) mass is 328 g/mol. The van der Waals surface area contributed by atoms with Gasteiger partial charge < -0.3 is 4.90 Å². The Bertz CT molecular complexity index is 542. The van der Waals surface area contributed by atoms with Gasteiger partial charge in [0.05, 0.1) is 5.57 Å². The quantitative estimate of drug-likeness (QED) is 0.673. The molecule has 2 amide bonds. The number of likely N-dealkylation sites (N-methyl/N-ethyl adjacent to an activating group) is 1. The molecular formula is C13H14F6N2O. The normalized spacial score (nSPS) is 19.5. The molecule has 1 unspecified atom stereocenters. The minimum Gasteiger partial charge on any atom is -0.330 e. The summed E-state index contributed by atoms with van der Waals surface area (Å²) in [6, 6.07) is -0.767. The van der Waals surface area contributed by atoms with E-state index in [0.717, 1.165) is 11.9 Å². The third-order valence-electron chi connectivity index (χ3n) is 3.05. The molecule has 0 saturated heterocycles. The molecule has 0 heterocycles. The summed E-state index contributed by atoms with van der Waals surface area (Å²) < 4.78 is 77.2. The third-order valence-corrected chi connectivity index (χ3v) is 3.05. The maximum Gasteiger partial charge on any atom is 0.416 e. The van der Waals surface area contributed by atoms with Crippen LogP contribution in [-0.2, 0) is 0 Å². The molecule has 0 spiro atoms. The maximum atomic E-state index is 12.9. The molecular weight excluding hydrogens is 314 g/mol. The van der Waals surface area contributed by atoms with E-state index in [2.05, 4.69) is 6.58 Å². The molecule has 22 heavy (non-hydrogen) atoms. The molecule has 0 radical (unpaired) electrons. The lowest BCUT2D eigenvalue weighted by atomic mass is 9.88. The van der Waals surface area contributed by atoms with Crippen molar-refractivity contribution in [1.82, 2.24) is 9.80 Å². The fourth-order valence-corrected chi connectivity index (χ4v) is 1.91. The van der Waals surface area contributed by atoms with Gasteiger partial charge in [-0.15, -0.1) is 0 Å². The van der Waals surface area contributed by atoms with Crippen LogP contribution in [0.2, 0.25) is 0 Å². The molecule has 0 bridgehead atoms. The van der Waals surface area contributed by atoms with E-state index in [-0.39, 0.29) is 6.08 Å². The van der Waals surface area contributed by atoms with Crippen LogP contribution in [0.15, 0.2) is 35.6 Å². The molecule has 1 aliphatic rings. The summed E-state index contributed by atoms with van der Waals surface area (Å²) in [6.45, 7) is 3.21. The fraction of sp³-hybridized carbons (Fsp3) is 0.462. The Morgan fingerprint density at radius 2 is 1.64 bits per heavy atom. The van der Waals surface area contributed by atoms with E-state index in [0.29, 0.717) is 11.0 Å². The van der Waals surface area contributed by atoms with E-state index in [9.17, 15) is 31.1 Å². The zero-order chi connectivity index (χ0) is 17.5. The van der Waals surface area contributed by atoms with Crippen molar-refractivity contribution in [3.63, 3.8) is 0 Å². The van der Waals surface area contributed by atoms with Gasteiger partial charge >= 0.3 is 18.4 Å². The molecule has 0 N–H and O–H groups in total. The van der Waals surface area contributed by atoms with Crippen LogP contribution in [0.5, 0.6) is 0 Å². The zero-order valence-electron chi connectivity index (χ0n) is 12.0. The number of rotatable bonds is 1. The van der Waals surface area contributed by atoms with Crippen LogP contribution < -0.4 is 0 Å². The number of hydrogen-bond acceptors (Lipinski definition) is 1. The van der Waals surface area contributed by atoms with Gasteiger partial charge in [0.2, 0.25) is 0 Å². The lowest BCUT2D eigenvalue weighted by Gasteiger charge is -2.32. The van der Waals surface area contributed by atoms with E-state index >= 15 is 0 Å². The lowest BCUT2D eigenvalue weighted by molar-refractivity contribution is -0.152. The highest BCUT2D eigenvalue weighted by Crippen LogP contribution is 2.43. The summed E-state index contributed by atoms with van der Waals surface area (Å²) in [7, 11) is 3.74. The van der Waals surface area contributed by atoms with E-state index in [1.807, 2.05) is 0 Å². The van der Waals surface area contributed by atoms with Gasteiger partial charge in [0.25, 0.3) is 0 Å². The van der Waals surface area contributed by atoms with Crippen molar-refractivity contribution < 1.29 is 31.1 Å². The van der Waals surface area contributed by atoms with Crippen molar-refractivity contribution >= 4 is 6.03 Å². The van der Waals surface area contributed by atoms with Crippen molar-refractivity contribution in [1.29, 1.82) is 0 Å². The first kappa shape index (κ1) is 18.1. The molecule has 3 nitrogen and oxygen atoms in total. The van der Waals surface area contributed by atoms with Gasteiger partial charge in [-0.2, -0.15) is 26.3 Å². The van der Waals surface area contributed by atoms with E-state index in [4.69, 9.17) is 0 Å². The predicted molar refractivity (Wildman–Crippen MR) is 67.8 cm³/mol. The Morgan fingerprint density at radius 1 is 1.14 bits per heavy atom. The average molecular weight is 328 g/mol. The predicted octanol–water partition coefficient (Wildman–Crippen LogP) is 3.72. The van der Waals surface area contributed by atoms with Crippen molar-refractivity contribution in [2.75, 3.05) is 21.1 Å². The van der Waals surface area contributed by atoms with Crippen LogP contribution in [0.1, 0.15) is 0 Å². The molecule has 0 fully saturated rings. The molecule has 0 saturated carbocycles. The summed E-state index contributed by atoms with van der Waals surface area (Å²) in [5.74, 6) is -2.50. The molecule has 1 atom stereocenters. The number of halogens is 6. The van der Waals surface area contributed by atoms with Gasteiger partial charge in [-0.05, 0) is 11.6 Å². The van der Waals surface area contributed by atoms with Crippen LogP contribution in [0.25, 0.3) is 0 Å². The average Bonchev–Trinajstić information content (AvgIpc) is 2.34. The molecule has 1 rings (SSSR count). The number of nitrogens with zero attached hydrogens (tertiary/aromatic N) is 2. The molecule has 1 aliphatic carbocycles. The number of allylic oxidation sites excluding steroid dienone is 4. The first-order valence-corrected chi connectivity index (χ1v) is 5.98. The van der Waals surface area contributed by atoms with Crippen LogP contribution in [0.4, 0.5) is 31.1 Å². The zero-order valence-corrected chi connectivity index (χ0v) is 12.0. The SMILES string of the molecule is C=C1C(N(C)C(=O)N(C)C)=CC(C(F)(F)F)=CC1C(F)(F)F. The fourth-order valence-electron chi connectivity index (χ4n) is 1.91.